The summed E-state index contributed by atoms with van der Waals surface area (Å²) in [5.74, 6) is 0.589. The molecule has 23 heavy (non-hydrogen) atoms. The van der Waals surface area contributed by atoms with Gasteiger partial charge in [-0.2, -0.15) is 0 Å². The van der Waals surface area contributed by atoms with Crippen LogP contribution >= 0.6 is 0 Å². The third kappa shape index (κ3) is 4.21. The molecular weight excluding hydrogens is 292 g/mol. The first-order valence-electron chi connectivity index (χ1n) is 8.46. The molecule has 0 aromatic carbocycles. The molecule has 0 bridgehead atoms. The third-order valence-electron chi connectivity index (χ3n) is 4.57. The van der Waals surface area contributed by atoms with Crippen molar-refractivity contribution in [3.05, 3.63) is 24.0 Å². The molecule has 1 unspecified atom stereocenters. The summed E-state index contributed by atoms with van der Waals surface area (Å²) in [4.78, 5) is 30.3. The van der Waals surface area contributed by atoms with E-state index in [9.17, 15) is 9.59 Å². The largest absolute Gasteiger partial charge is 0.337 e. The van der Waals surface area contributed by atoms with E-state index in [0.717, 1.165) is 25.9 Å². The number of carbonyl (C=O) groups is 2. The van der Waals surface area contributed by atoms with Gasteiger partial charge < -0.3 is 15.5 Å². The quantitative estimate of drug-likeness (QED) is 0.896. The van der Waals surface area contributed by atoms with Gasteiger partial charge in [0.2, 0.25) is 0 Å². The number of nitrogens with zero attached hydrogens (tertiary/aromatic N) is 2. The molecule has 6 heteroatoms. The number of aromatic nitrogens is 1. The Morgan fingerprint density at radius 3 is 2.57 bits per heavy atom. The zero-order chi connectivity index (χ0) is 16.2. The van der Waals surface area contributed by atoms with Crippen molar-refractivity contribution in [3.63, 3.8) is 0 Å². The van der Waals surface area contributed by atoms with Crippen molar-refractivity contribution in [1.82, 2.24) is 15.2 Å². The van der Waals surface area contributed by atoms with Crippen LogP contribution in [0.1, 0.15) is 49.5 Å². The van der Waals surface area contributed by atoms with E-state index in [4.69, 9.17) is 0 Å². The van der Waals surface area contributed by atoms with Gasteiger partial charge in [0, 0.05) is 19.1 Å². The maximum absolute atomic E-state index is 12.3. The Morgan fingerprint density at radius 2 is 1.96 bits per heavy atom. The summed E-state index contributed by atoms with van der Waals surface area (Å²) in [5.41, 5.74) is 1.03. The fourth-order valence-corrected chi connectivity index (χ4v) is 2.94. The van der Waals surface area contributed by atoms with E-state index in [1.807, 2.05) is 11.8 Å². The predicted octanol–water partition coefficient (Wildman–Crippen LogP) is 2.63. The van der Waals surface area contributed by atoms with Gasteiger partial charge in [0.1, 0.15) is 5.69 Å². The molecule has 0 radical (unpaired) electrons. The highest BCUT2D eigenvalue weighted by atomic mass is 16.2. The number of hydrogen-bond acceptors (Lipinski definition) is 3. The first kappa shape index (κ1) is 15.8. The highest BCUT2D eigenvalue weighted by molar-refractivity contribution is 5.93. The number of likely N-dealkylation sites (tertiary alicyclic amines) is 1. The highest BCUT2D eigenvalue weighted by Gasteiger charge is 2.28. The molecule has 124 valence electrons. The second-order valence-electron chi connectivity index (χ2n) is 6.51. The van der Waals surface area contributed by atoms with Gasteiger partial charge in [0.15, 0.2) is 0 Å². The zero-order valence-corrected chi connectivity index (χ0v) is 13.5. The van der Waals surface area contributed by atoms with E-state index in [-0.39, 0.29) is 18.0 Å². The Kier molecular flexibility index (Phi) is 4.79. The number of anilines is 1. The lowest BCUT2D eigenvalue weighted by Crippen LogP contribution is -2.37. The van der Waals surface area contributed by atoms with Crippen molar-refractivity contribution in [1.29, 1.82) is 0 Å². The number of hydrogen-bond donors (Lipinski definition) is 2. The van der Waals surface area contributed by atoms with Crippen LogP contribution in [-0.4, -0.2) is 41.0 Å². The number of carbonyl (C=O) groups excluding carboxylic acids is 2. The molecule has 2 fully saturated rings. The molecule has 2 N–H and O–H groups in total. The van der Waals surface area contributed by atoms with E-state index < -0.39 is 0 Å². The van der Waals surface area contributed by atoms with Gasteiger partial charge in [-0.1, -0.05) is 0 Å². The highest BCUT2D eigenvalue weighted by Crippen LogP contribution is 2.32. The molecule has 1 aromatic heterocycles. The maximum atomic E-state index is 12.3. The molecule has 1 saturated heterocycles. The summed E-state index contributed by atoms with van der Waals surface area (Å²) < 4.78 is 0. The van der Waals surface area contributed by atoms with Gasteiger partial charge in [-0.05, 0) is 57.1 Å². The molecule has 3 rings (SSSR count). The summed E-state index contributed by atoms with van der Waals surface area (Å²) in [6.07, 6.45) is 7.23. The van der Waals surface area contributed by atoms with Crippen LogP contribution in [0.4, 0.5) is 10.5 Å². The Bertz CT molecular complexity index is 562. The van der Waals surface area contributed by atoms with Crippen LogP contribution in [0.5, 0.6) is 0 Å². The number of pyridine rings is 1. The number of nitrogens with one attached hydrogen (secondary N) is 2. The Morgan fingerprint density at radius 1 is 1.22 bits per heavy atom. The monoisotopic (exact) mass is 316 g/mol. The van der Waals surface area contributed by atoms with Crippen LogP contribution < -0.4 is 10.6 Å². The van der Waals surface area contributed by atoms with Gasteiger partial charge in [-0.15, -0.1) is 0 Å². The van der Waals surface area contributed by atoms with Crippen molar-refractivity contribution in [2.75, 3.05) is 18.4 Å². The number of urea groups is 1. The lowest BCUT2D eigenvalue weighted by Gasteiger charge is -2.26. The van der Waals surface area contributed by atoms with Crippen molar-refractivity contribution >= 4 is 17.6 Å². The molecule has 1 aromatic rings. The summed E-state index contributed by atoms with van der Waals surface area (Å²) in [7, 11) is 0. The second kappa shape index (κ2) is 6.98. The average molecular weight is 316 g/mol. The number of rotatable bonds is 4. The fourth-order valence-electron chi connectivity index (χ4n) is 2.94. The third-order valence-corrected chi connectivity index (χ3v) is 4.57. The summed E-state index contributed by atoms with van der Waals surface area (Å²) in [6.45, 7) is 3.64. The molecule has 6 nitrogen and oxygen atoms in total. The molecule has 1 saturated carbocycles. The first-order valence-corrected chi connectivity index (χ1v) is 8.46. The first-order chi connectivity index (χ1) is 11.1. The van der Waals surface area contributed by atoms with Crippen LogP contribution in [0.3, 0.4) is 0 Å². The summed E-state index contributed by atoms with van der Waals surface area (Å²) in [5, 5.41) is 5.69. The fraction of sp³-hybridized carbons (Fsp3) is 0.588. The minimum Gasteiger partial charge on any atom is -0.337 e. The molecule has 1 atom stereocenters. The minimum atomic E-state index is -0.221. The van der Waals surface area contributed by atoms with Crippen molar-refractivity contribution in [3.8, 4) is 0 Å². The van der Waals surface area contributed by atoms with E-state index >= 15 is 0 Å². The van der Waals surface area contributed by atoms with E-state index in [0.29, 0.717) is 17.3 Å². The van der Waals surface area contributed by atoms with E-state index in [1.54, 1.807) is 18.3 Å². The smallest absolute Gasteiger partial charge is 0.319 e. The normalized spacial score (nSPS) is 19.1. The number of amides is 3. The average Bonchev–Trinajstić information content (AvgIpc) is 3.40. The lowest BCUT2D eigenvalue weighted by molar-refractivity contribution is 0.0718. The Balaban J connectivity index is 1.53. The van der Waals surface area contributed by atoms with Crippen LogP contribution in [0, 0.1) is 5.92 Å². The molecule has 2 heterocycles. The summed E-state index contributed by atoms with van der Waals surface area (Å²) >= 11 is 0. The van der Waals surface area contributed by atoms with E-state index in [1.165, 1.54) is 19.3 Å². The van der Waals surface area contributed by atoms with Gasteiger partial charge in [0.25, 0.3) is 5.91 Å². The van der Waals surface area contributed by atoms with Gasteiger partial charge in [0.05, 0.1) is 11.9 Å². The van der Waals surface area contributed by atoms with Crippen LogP contribution in [0.2, 0.25) is 0 Å². The summed E-state index contributed by atoms with van der Waals surface area (Å²) in [6, 6.07) is 3.38. The van der Waals surface area contributed by atoms with E-state index in [2.05, 4.69) is 15.6 Å². The van der Waals surface area contributed by atoms with Crippen molar-refractivity contribution in [2.45, 2.75) is 45.1 Å². The van der Waals surface area contributed by atoms with Gasteiger partial charge in [-0.3, -0.25) is 4.79 Å². The number of piperidine rings is 1. The molecule has 1 aliphatic heterocycles. The standard InChI is InChI=1S/C17H24N4O2/c1-12(13-5-6-13)19-17(23)20-14-7-8-15(18-11-14)16(22)21-9-3-2-4-10-21/h7-8,11-13H,2-6,9-10H2,1H3,(H2,19,20,23). The maximum Gasteiger partial charge on any atom is 0.319 e. The van der Waals surface area contributed by atoms with Gasteiger partial charge >= 0.3 is 6.03 Å². The van der Waals surface area contributed by atoms with Crippen LogP contribution in [0.15, 0.2) is 18.3 Å². The molecule has 0 spiro atoms. The Hall–Kier alpha value is -2.11. The topological polar surface area (TPSA) is 74.3 Å². The Labute approximate surface area is 136 Å². The lowest BCUT2D eigenvalue weighted by atomic mass is 10.1. The minimum absolute atomic E-state index is 0.0249. The van der Waals surface area contributed by atoms with Gasteiger partial charge in [-0.25, -0.2) is 9.78 Å². The molecule has 3 amide bonds. The molecule has 2 aliphatic rings. The van der Waals surface area contributed by atoms with Crippen molar-refractivity contribution in [2.24, 2.45) is 5.92 Å². The zero-order valence-electron chi connectivity index (χ0n) is 13.5. The van der Waals surface area contributed by atoms with Crippen LogP contribution in [0.25, 0.3) is 0 Å². The molecular formula is C17H24N4O2. The molecule has 1 aliphatic carbocycles. The van der Waals surface area contributed by atoms with Crippen molar-refractivity contribution < 1.29 is 9.59 Å². The second-order valence-corrected chi connectivity index (χ2v) is 6.51. The van der Waals surface area contributed by atoms with Crippen LogP contribution in [-0.2, 0) is 0 Å². The SMILES string of the molecule is CC(NC(=O)Nc1ccc(C(=O)N2CCCCC2)nc1)C1CC1. The predicted molar refractivity (Wildman–Crippen MR) is 88.3 cm³/mol.